The molecule has 0 spiro atoms. The van der Waals surface area contributed by atoms with Crippen LogP contribution in [0.25, 0.3) is 0 Å². The van der Waals surface area contributed by atoms with Gasteiger partial charge in [0.15, 0.2) is 0 Å². The highest BCUT2D eigenvalue weighted by Crippen LogP contribution is 2.26. The first-order valence-corrected chi connectivity index (χ1v) is 5.80. The first kappa shape index (κ1) is 9.05. The molecule has 0 heterocycles. The molecule has 1 atom stereocenters. The van der Waals surface area contributed by atoms with E-state index < -0.39 is 0 Å². The van der Waals surface area contributed by atoms with Crippen LogP contribution in [-0.4, -0.2) is 0 Å². The predicted molar refractivity (Wildman–Crippen MR) is 57.6 cm³/mol. The van der Waals surface area contributed by atoms with Crippen LogP contribution >= 0.6 is 0 Å². The van der Waals surface area contributed by atoms with E-state index in [0.717, 1.165) is 5.92 Å². The minimum atomic E-state index is 0.894. The lowest BCUT2D eigenvalue weighted by atomic mass is 9.96. The number of allylic oxidation sites excluding steroid dienone is 4. The first-order chi connectivity index (χ1) is 6.45. The summed E-state index contributed by atoms with van der Waals surface area (Å²) < 4.78 is 0. The third-order valence-electron chi connectivity index (χ3n) is 3.33. The van der Waals surface area contributed by atoms with E-state index in [1.54, 1.807) is 5.57 Å². The molecule has 1 unspecified atom stereocenters. The summed E-state index contributed by atoms with van der Waals surface area (Å²) in [6.07, 6.45) is 18.4. The van der Waals surface area contributed by atoms with Gasteiger partial charge in [-0.2, -0.15) is 0 Å². The summed E-state index contributed by atoms with van der Waals surface area (Å²) in [5.41, 5.74) is 1.73. The lowest BCUT2D eigenvalue weighted by Crippen LogP contribution is -1.95. The van der Waals surface area contributed by atoms with Crippen LogP contribution in [0.1, 0.15) is 51.4 Å². The number of fused-ring (bicyclic) bond motifs is 4. The molecule has 0 fully saturated rings. The second-order valence-electron chi connectivity index (χ2n) is 4.41. The van der Waals surface area contributed by atoms with E-state index in [-0.39, 0.29) is 0 Å². The highest BCUT2D eigenvalue weighted by Gasteiger charge is 2.09. The summed E-state index contributed by atoms with van der Waals surface area (Å²) in [4.78, 5) is 0. The molecule has 0 N–H and O–H groups in total. The minimum absolute atomic E-state index is 0.894. The summed E-state index contributed by atoms with van der Waals surface area (Å²) in [6.45, 7) is 0. The van der Waals surface area contributed by atoms with Crippen LogP contribution in [0.4, 0.5) is 0 Å². The summed E-state index contributed by atoms with van der Waals surface area (Å²) in [6, 6.07) is 0. The fraction of sp³-hybridized carbons (Fsp3) is 0.692. The van der Waals surface area contributed by atoms with Gasteiger partial charge in [-0.15, -0.1) is 0 Å². The van der Waals surface area contributed by atoms with Crippen molar-refractivity contribution >= 4 is 0 Å². The van der Waals surface area contributed by atoms with Gasteiger partial charge in [0.1, 0.15) is 0 Å². The minimum Gasteiger partial charge on any atom is -0.0879 e. The van der Waals surface area contributed by atoms with Gasteiger partial charge in [-0.05, 0) is 57.3 Å². The fourth-order valence-electron chi connectivity index (χ4n) is 2.50. The van der Waals surface area contributed by atoms with Crippen molar-refractivity contribution < 1.29 is 0 Å². The fourth-order valence-corrected chi connectivity index (χ4v) is 2.50. The van der Waals surface area contributed by atoms with Gasteiger partial charge in [0.25, 0.3) is 0 Å². The zero-order valence-electron chi connectivity index (χ0n) is 8.47. The highest BCUT2D eigenvalue weighted by atomic mass is 14.2. The molecular weight excluding hydrogens is 156 g/mol. The Hall–Kier alpha value is -0.520. The van der Waals surface area contributed by atoms with Gasteiger partial charge >= 0.3 is 0 Å². The number of rotatable bonds is 0. The smallest absolute Gasteiger partial charge is 0.0233 e. The Bertz CT molecular complexity index is 210. The van der Waals surface area contributed by atoms with Gasteiger partial charge in [0, 0.05) is 0 Å². The van der Waals surface area contributed by atoms with Crippen molar-refractivity contribution in [2.75, 3.05) is 0 Å². The lowest BCUT2D eigenvalue weighted by Gasteiger charge is -2.09. The molecule has 2 aliphatic carbocycles. The summed E-state index contributed by atoms with van der Waals surface area (Å²) >= 11 is 0. The molecular formula is C13H20. The molecule has 0 nitrogen and oxygen atoms in total. The number of hydrogen-bond acceptors (Lipinski definition) is 0. The van der Waals surface area contributed by atoms with E-state index in [0.29, 0.717) is 0 Å². The molecule has 72 valence electrons. The largest absolute Gasteiger partial charge is 0.0879 e. The lowest BCUT2D eigenvalue weighted by molar-refractivity contribution is 0.514. The molecule has 0 aliphatic heterocycles. The van der Waals surface area contributed by atoms with Crippen molar-refractivity contribution in [3.63, 3.8) is 0 Å². The summed E-state index contributed by atoms with van der Waals surface area (Å²) in [7, 11) is 0. The molecule has 2 bridgehead atoms. The molecule has 2 aliphatic rings. The standard InChI is InChI=1S/C13H20/c1-2-7-13-9-4-3-8-12(6-1)10-5-11-13/h1,6,9,12H,2-5,7-8,10-11H2/b6-1?,13-9-. The third kappa shape index (κ3) is 2.72. The summed E-state index contributed by atoms with van der Waals surface area (Å²) in [5.74, 6) is 0.894. The van der Waals surface area contributed by atoms with E-state index >= 15 is 0 Å². The molecule has 2 rings (SSSR count). The van der Waals surface area contributed by atoms with Gasteiger partial charge in [-0.3, -0.25) is 0 Å². The van der Waals surface area contributed by atoms with Crippen molar-refractivity contribution in [2.24, 2.45) is 5.92 Å². The first-order valence-electron chi connectivity index (χ1n) is 5.80. The maximum Gasteiger partial charge on any atom is -0.0233 e. The van der Waals surface area contributed by atoms with Crippen molar-refractivity contribution in [2.45, 2.75) is 51.4 Å². The quantitative estimate of drug-likeness (QED) is 0.484. The average molecular weight is 176 g/mol. The van der Waals surface area contributed by atoms with Crippen LogP contribution < -0.4 is 0 Å². The zero-order valence-corrected chi connectivity index (χ0v) is 8.47. The SMILES string of the molecule is C1=CC2CCC/C=C(/CC1)CCC2. The van der Waals surface area contributed by atoms with Crippen LogP contribution in [-0.2, 0) is 0 Å². The Balaban J connectivity index is 2.11. The van der Waals surface area contributed by atoms with Crippen molar-refractivity contribution in [3.8, 4) is 0 Å². The Morgan fingerprint density at radius 2 is 1.92 bits per heavy atom. The van der Waals surface area contributed by atoms with Crippen LogP contribution in [0.15, 0.2) is 23.8 Å². The van der Waals surface area contributed by atoms with E-state index in [1.807, 2.05) is 0 Å². The Morgan fingerprint density at radius 3 is 2.92 bits per heavy atom. The van der Waals surface area contributed by atoms with Crippen LogP contribution in [0.5, 0.6) is 0 Å². The van der Waals surface area contributed by atoms with Crippen LogP contribution in [0.2, 0.25) is 0 Å². The second kappa shape index (κ2) is 4.64. The maximum atomic E-state index is 2.52. The Kier molecular flexibility index (Phi) is 3.23. The molecule has 0 amide bonds. The van der Waals surface area contributed by atoms with Crippen LogP contribution in [0.3, 0.4) is 0 Å². The average Bonchev–Trinajstić information content (AvgIpc) is 2.33. The molecule has 0 aromatic carbocycles. The Morgan fingerprint density at radius 1 is 1.00 bits per heavy atom. The Labute approximate surface area is 81.7 Å². The molecule has 13 heavy (non-hydrogen) atoms. The third-order valence-corrected chi connectivity index (χ3v) is 3.33. The second-order valence-corrected chi connectivity index (χ2v) is 4.41. The van der Waals surface area contributed by atoms with Crippen molar-refractivity contribution in [1.29, 1.82) is 0 Å². The normalized spacial score (nSPS) is 33.5. The molecule has 0 saturated heterocycles. The maximum absolute atomic E-state index is 2.52. The van der Waals surface area contributed by atoms with Crippen molar-refractivity contribution in [3.05, 3.63) is 23.8 Å². The topological polar surface area (TPSA) is 0 Å². The number of hydrogen-bond donors (Lipinski definition) is 0. The molecule has 0 saturated carbocycles. The van der Waals surface area contributed by atoms with Gasteiger partial charge in [0.2, 0.25) is 0 Å². The van der Waals surface area contributed by atoms with E-state index in [2.05, 4.69) is 18.2 Å². The zero-order chi connectivity index (χ0) is 8.93. The van der Waals surface area contributed by atoms with E-state index in [9.17, 15) is 0 Å². The van der Waals surface area contributed by atoms with Gasteiger partial charge in [-0.1, -0.05) is 23.8 Å². The molecule has 0 heteroatoms. The molecule has 0 aromatic heterocycles. The summed E-state index contributed by atoms with van der Waals surface area (Å²) in [5, 5.41) is 0. The van der Waals surface area contributed by atoms with Crippen LogP contribution in [0, 0.1) is 5.92 Å². The van der Waals surface area contributed by atoms with Crippen molar-refractivity contribution in [1.82, 2.24) is 0 Å². The van der Waals surface area contributed by atoms with Gasteiger partial charge in [-0.25, -0.2) is 0 Å². The highest BCUT2D eigenvalue weighted by molar-refractivity contribution is 5.06. The molecule has 0 radical (unpaired) electrons. The van der Waals surface area contributed by atoms with E-state index in [1.165, 1.54) is 51.4 Å². The molecule has 0 aromatic rings. The van der Waals surface area contributed by atoms with Gasteiger partial charge < -0.3 is 0 Å². The van der Waals surface area contributed by atoms with Gasteiger partial charge in [0.05, 0.1) is 0 Å². The van der Waals surface area contributed by atoms with E-state index in [4.69, 9.17) is 0 Å². The predicted octanol–water partition coefficient (Wildman–Crippen LogP) is 4.23. The monoisotopic (exact) mass is 176 g/mol.